The number of methoxy groups -OCH3 is 1. The van der Waals surface area contributed by atoms with E-state index in [1.807, 2.05) is 0 Å². The number of benzene rings is 1. The zero-order valence-electron chi connectivity index (χ0n) is 8.64. The Morgan fingerprint density at radius 3 is 2.31 bits per heavy atom. The number of halogens is 4. The predicted molar refractivity (Wildman–Crippen MR) is 51.5 cm³/mol. The van der Waals surface area contributed by atoms with E-state index in [0.29, 0.717) is 6.07 Å². The van der Waals surface area contributed by atoms with Gasteiger partial charge < -0.3 is 17.7 Å². The smallest absolute Gasteiger partial charge is 0.465 e. The summed E-state index contributed by atoms with van der Waals surface area (Å²) in [7, 11) is 1.13. The van der Waals surface area contributed by atoms with Crippen LogP contribution in [0.2, 0.25) is 5.02 Å². The third-order valence-corrected chi connectivity index (χ3v) is 2.09. The zero-order valence-corrected chi connectivity index (χ0v) is 12.5. The van der Waals surface area contributed by atoms with Gasteiger partial charge in [-0.05, 0) is 6.07 Å². The van der Waals surface area contributed by atoms with Crippen LogP contribution in [0.15, 0.2) is 18.2 Å². The van der Waals surface area contributed by atoms with E-state index in [-0.39, 0.29) is 62.0 Å². The van der Waals surface area contributed by atoms with Gasteiger partial charge in [-0.2, -0.15) is 0 Å². The van der Waals surface area contributed by atoms with Crippen molar-refractivity contribution < 1.29 is 73.9 Å². The second-order valence-electron chi connectivity index (χ2n) is 2.81. The van der Waals surface area contributed by atoms with Crippen molar-refractivity contribution in [1.29, 1.82) is 0 Å². The Bertz CT molecular complexity index is 397. The second-order valence-corrected chi connectivity index (χ2v) is 3.21. The summed E-state index contributed by atoms with van der Waals surface area (Å²) in [5.41, 5.74) is -0.921. The fourth-order valence-electron chi connectivity index (χ4n) is 1.01. The SMILES string of the molecule is COC(=O)c1ccc([B-](F)(F)F)cc1Cl.[K+]. The van der Waals surface area contributed by atoms with Crippen LogP contribution in [0.1, 0.15) is 10.4 Å². The van der Waals surface area contributed by atoms with Gasteiger partial charge in [-0.25, -0.2) is 4.79 Å². The van der Waals surface area contributed by atoms with Gasteiger partial charge in [-0.3, -0.25) is 0 Å². The molecule has 8 heteroatoms. The molecule has 0 atom stereocenters. The van der Waals surface area contributed by atoms with E-state index in [1.165, 1.54) is 0 Å². The number of hydrogen-bond acceptors (Lipinski definition) is 2. The van der Waals surface area contributed by atoms with Crippen LogP contribution in [0, 0.1) is 0 Å². The minimum atomic E-state index is -5.10. The molecule has 1 rings (SSSR count). The fraction of sp³-hybridized carbons (Fsp3) is 0.125. The number of ether oxygens (including phenoxy) is 1. The number of carbonyl (C=O) groups is 1. The van der Waals surface area contributed by atoms with Crippen molar-refractivity contribution in [2.24, 2.45) is 0 Å². The molecule has 0 amide bonds. The molecule has 1 aromatic carbocycles. The number of esters is 1. The minimum absolute atomic E-state index is 0. The largest absolute Gasteiger partial charge is 1.00 e. The molecule has 1 aromatic rings. The fourth-order valence-corrected chi connectivity index (χ4v) is 1.28. The average molecular weight is 276 g/mol. The van der Waals surface area contributed by atoms with Crippen molar-refractivity contribution in [2.45, 2.75) is 0 Å². The van der Waals surface area contributed by atoms with Crippen LogP contribution < -0.4 is 56.8 Å². The number of carbonyl (C=O) groups excluding carboxylic acids is 1. The number of hydrogen-bond donors (Lipinski definition) is 0. The van der Waals surface area contributed by atoms with Gasteiger partial charge >= 0.3 is 64.3 Å². The van der Waals surface area contributed by atoms with Gasteiger partial charge in [0, 0.05) is 0 Å². The van der Waals surface area contributed by atoms with E-state index >= 15 is 0 Å². The quantitative estimate of drug-likeness (QED) is 0.521. The van der Waals surface area contributed by atoms with Crippen LogP contribution in [0.5, 0.6) is 0 Å². The van der Waals surface area contributed by atoms with Gasteiger partial charge in [-0.1, -0.05) is 23.7 Å². The Labute approximate surface area is 138 Å². The maximum Gasteiger partial charge on any atom is 1.00 e. The Balaban J connectivity index is 0.00000225. The van der Waals surface area contributed by atoms with Crippen LogP contribution >= 0.6 is 11.6 Å². The molecule has 0 fully saturated rings. The Morgan fingerprint density at radius 2 is 1.94 bits per heavy atom. The molecule has 0 spiro atoms. The van der Waals surface area contributed by atoms with Gasteiger partial charge in [0.25, 0.3) is 0 Å². The average Bonchev–Trinajstić information content (AvgIpc) is 2.15. The Kier molecular flexibility index (Phi) is 6.61. The van der Waals surface area contributed by atoms with E-state index < -0.39 is 18.4 Å². The number of rotatable bonds is 2. The van der Waals surface area contributed by atoms with Crippen molar-refractivity contribution in [2.75, 3.05) is 7.11 Å². The first-order valence-electron chi connectivity index (χ1n) is 3.94. The Hall–Kier alpha value is 0.471. The Morgan fingerprint density at radius 1 is 1.38 bits per heavy atom. The molecule has 0 unspecified atom stereocenters. The summed E-state index contributed by atoms with van der Waals surface area (Å²) in [6.07, 6.45) is 0. The topological polar surface area (TPSA) is 26.3 Å². The summed E-state index contributed by atoms with van der Waals surface area (Å²) < 4.78 is 41.2. The molecule has 2 nitrogen and oxygen atoms in total. The molecule has 0 saturated heterocycles. The predicted octanol–water partition coefficient (Wildman–Crippen LogP) is -0.815. The first-order chi connectivity index (χ1) is 6.86. The van der Waals surface area contributed by atoms with Gasteiger partial charge in [-0.15, -0.1) is 5.46 Å². The van der Waals surface area contributed by atoms with Crippen LogP contribution in [0.4, 0.5) is 12.9 Å². The molecular formula is C8H6BClF3KO2. The molecule has 0 aliphatic carbocycles. The minimum Gasteiger partial charge on any atom is -0.465 e. The van der Waals surface area contributed by atoms with Crippen LogP contribution in [0.3, 0.4) is 0 Å². The van der Waals surface area contributed by atoms with Crippen LogP contribution in [0.25, 0.3) is 0 Å². The summed E-state index contributed by atoms with van der Waals surface area (Å²) in [5.74, 6) is -0.763. The van der Waals surface area contributed by atoms with Gasteiger partial charge in [0.2, 0.25) is 0 Å². The van der Waals surface area contributed by atoms with E-state index in [0.717, 1.165) is 19.2 Å². The standard InChI is InChI=1S/C8H6BClF3O2.K/c1-15-8(14)6-3-2-5(4-7(6)10)9(11,12)13;/h2-4H,1H3;/q-1;+1. The summed E-state index contributed by atoms with van der Waals surface area (Å²) in [6, 6.07) is 2.52. The molecule has 0 N–H and O–H groups in total. The van der Waals surface area contributed by atoms with Gasteiger partial charge in [0.15, 0.2) is 0 Å². The molecule has 0 radical (unpaired) electrons. The molecule has 0 heterocycles. The normalized spacial score (nSPS) is 10.6. The van der Waals surface area contributed by atoms with E-state index in [1.54, 1.807) is 0 Å². The van der Waals surface area contributed by atoms with Crippen molar-refractivity contribution in [3.8, 4) is 0 Å². The monoisotopic (exact) mass is 276 g/mol. The zero-order chi connectivity index (χ0) is 11.6. The maximum absolute atomic E-state index is 12.3. The summed E-state index contributed by atoms with van der Waals surface area (Å²) >= 11 is 5.52. The van der Waals surface area contributed by atoms with E-state index in [4.69, 9.17) is 11.6 Å². The van der Waals surface area contributed by atoms with Crippen molar-refractivity contribution >= 4 is 30.0 Å². The van der Waals surface area contributed by atoms with Crippen molar-refractivity contribution in [1.82, 2.24) is 0 Å². The summed E-state index contributed by atoms with van der Waals surface area (Å²) in [4.78, 5) is 11.0. The molecule has 0 aliphatic heterocycles. The summed E-state index contributed by atoms with van der Waals surface area (Å²) in [6.45, 7) is -5.10. The maximum atomic E-state index is 12.3. The van der Waals surface area contributed by atoms with Crippen molar-refractivity contribution in [3.05, 3.63) is 28.8 Å². The molecule has 0 bridgehead atoms. The van der Waals surface area contributed by atoms with Gasteiger partial charge in [0.1, 0.15) is 0 Å². The molecule has 82 valence electrons. The molecule has 0 aromatic heterocycles. The van der Waals surface area contributed by atoms with Crippen molar-refractivity contribution in [3.63, 3.8) is 0 Å². The molecule has 0 aliphatic rings. The van der Waals surface area contributed by atoms with Crippen LogP contribution in [-0.2, 0) is 4.74 Å². The van der Waals surface area contributed by atoms with Crippen LogP contribution in [-0.4, -0.2) is 20.1 Å². The van der Waals surface area contributed by atoms with Gasteiger partial charge in [0.05, 0.1) is 17.7 Å². The first kappa shape index (κ1) is 16.5. The molecule has 0 saturated carbocycles. The molecule has 16 heavy (non-hydrogen) atoms. The third-order valence-electron chi connectivity index (χ3n) is 1.78. The third kappa shape index (κ3) is 4.05. The van der Waals surface area contributed by atoms with E-state index in [9.17, 15) is 17.7 Å². The summed E-state index contributed by atoms with van der Waals surface area (Å²) in [5, 5.41) is -0.265. The first-order valence-corrected chi connectivity index (χ1v) is 4.31. The molecular weight excluding hydrogens is 270 g/mol. The second kappa shape index (κ2) is 6.42. The van der Waals surface area contributed by atoms with E-state index in [2.05, 4.69) is 4.74 Å².